The van der Waals surface area contributed by atoms with Gasteiger partial charge in [0.1, 0.15) is 12.4 Å². The second-order valence-electron chi connectivity index (χ2n) is 6.88. The third-order valence-electron chi connectivity index (χ3n) is 4.49. The predicted octanol–water partition coefficient (Wildman–Crippen LogP) is 4.43. The Kier molecular flexibility index (Phi) is 7.97. The molecule has 1 atom stereocenters. The number of methoxy groups -OCH3 is 1. The number of hydrogen-bond acceptors (Lipinski definition) is 6. The number of oxime groups is 1. The summed E-state index contributed by atoms with van der Waals surface area (Å²) < 4.78 is 10.4. The molecule has 1 amide bonds. The van der Waals surface area contributed by atoms with Gasteiger partial charge in [-0.15, -0.1) is 0 Å². The van der Waals surface area contributed by atoms with Gasteiger partial charge in [0.25, 0.3) is 5.91 Å². The molecule has 0 saturated heterocycles. The molecular formula is C25H24N2O5. The fourth-order valence-electron chi connectivity index (χ4n) is 2.67. The first-order valence-corrected chi connectivity index (χ1v) is 10.0. The molecule has 0 bridgehead atoms. The molecule has 32 heavy (non-hydrogen) atoms. The largest absolute Gasteiger partial charge is 0.489 e. The Labute approximate surface area is 186 Å². The van der Waals surface area contributed by atoms with Crippen LogP contribution in [0.15, 0.2) is 84.0 Å². The van der Waals surface area contributed by atoms with Gasteiger partial charge in [-0.05, 0) is 54.4 Å². The van der Waals surface area contributed by atoms with Crippen LogP contribution in [-0.2, 0) is 21.0 Å². The van der Waals surface area contributed by atoms with Gasteiger partial charge >= 0.3 is 5.97 Å². The van der Waals surface area contributed by atoms with Gasteiger partial charge < -0.3 is 19.6 Å². The maximum absolute atomic E-state index is 12.3. The van der Waals surface area contributed by atoms with Gasteiger partial charge in [-0.1, -0.05) is 47.6 Å². The quantitative estimate of drug-likeness (QED) is 0.307. The minimum atomic E-state index is -0.797. The monoisotopic (exact) mass is 432 g/mol. The van der Waals surface area contributed by atoms with Crippen LogP contribution in [-0.4, -0.2) is 31.3 Å². The highest BCUT2D eigenvalue weighted by molar-refractivity contribution is 5.94. The molecule has 0 spiro atoms. The van der Waals surface area contributed by atoms with E-state index < -0.39 is 12.1 Å². The van der Waals surface area contributed by atoms with Crippen LogP contribution in [0.5, 0.6) is 5.75 Å². The van der Waals surface area contributed by atoms with Crippen LogP contribution in [0.2, 0.25) is 0 Å². The summed E-state index contributed by atoms with van der Waals surface area (Å²) in [6, 6.07) is 23.6. The zero-order chi connectivity index (χ0) is 22.8. The van der Waals surface area contributed by atoms with Gasteiger partial charge in [0.05, 0.1) is 18.9 Å². The van der Waals surface area contributed by atoms with Crippen LogP contribution in [0, 0.1) is 0 Å². The maximum Gasteiger partial charge on any atom is 0.337 e. The third-order valence-corrected chi connectivity index (χ3v) is 4.49. The van der Waals surface area contributed by atoms with Crippen LogP contribution in [0.25, 0.3) is 0 Å². The number of ether oxygens (including phenoxy) is 2. The lowest BCUT2D eigenvalue weighted by atomic mass is 10.1. The van der Waals surface area contributed by atoms with Crippen molar-refractivity contribution < 1.29 is 23.9 Å². The number of carbonyl (C=O) groups excluding carboxylic acids is 2. The van der Waals surface area contributed by atoms with Crippen molar-refractivity contribution in [3.05, 3.63) is 95.6 Å². The summed E-state index contributed by atoms with van der Waals surface area (Å²) in [7, 11) is 1.33. The lowest BCUT2D eigenvalue weighted by Crippen LogP contribution is -2.26. The lowest BCUT2D eigenvalue weighted by molar-refractivity contribution is -0.126. The van der Waals surface area contributed by atoms with Crippen molar-refractivity contribution in [2.24, 2.45) is 5.16 Å². The molecule has 3 aromatic rings. The van der Waals surface area contributed by atoms with E-state index in [2.05, 4.69) is 15.2 Å². The topological polar surface area (TPSA) is 86.2 Å². The normalized spacial score (nSPS) is 11.6. The number of nitrogens with zero attached hydrogens (tertiary/aromatic N) is 1. The molecule has 7 nitrogen and oxygen atoms in total. The zero-order valence-corrected chi connectivity index (χ0v) is 17.9. The van der Waals surface area contributed by atoms with Crippen LogP contribution in [0.3, 0.4) is 0 Å². The van der Waals surface area contributed by atoms with E-state index in [1.165, 1.54) is 13.3 Å². The first kappa shape index (κ1) is 22.6. The molecule has 7 heteroatoms. The highest BCUT2D eigenvalue weighted by Crippen LogP contribution is 2.17. The summed E-state index contributed by atoms with van der Waals surface area (Å²) in [4.78, 5) is 29.0. The number of carbonyl (C=O) groups is 2. The van der Waals surface area contributed by atoms with Crippen molar-refractivity contribution in [2.75, 3.05) is 12.4 Å². The fraction of sp³-hybridized carbons (Fsp3) is 0.160. The standard InChI is InChI=1S/C25H24N2O5/c1-18(32-26-16-19-8-10-21(11-9-19)25(29)30-2)24(28)27-22-12-14-23(15-13-22)31-17-20-6-4-3-5-7-20/h3-16,18H,17H2,1-2H3,(H,27,28)/b26-16+. The van der Waals surface area contributed by atoms with Crippen molar-refractivity contribution in [1.82, 2.24) is 0 Å². The predicted molar refractivity (Wildman–Crippen MR) is 122 cm³/mol. The molecule has 164 valence electrons. The van der Waals surface area contributed by atoms with Crippen LogP contribution in [0.4, 0.5) is 5.69 Å². The molecule has 0 saturated carbocycles. The Bertz CT molecular complexity index is 1050. The molecular weight excluding hydrogens is 408 g/mol. The molecule has 3 rings (SSSR count). The number of amides is 1. The van der Waals surface area contributed by atoms with E-state index in [0.29, 0.717) is 23.6 Å². The number of esters is 1. The molecule has 0 aliphatic heterocycles. The van der Waals surface area contributed by atoms with Crippen molar-refractivity contribution >= 4 is 23.8 Å². The summed E-state index contributed by atoms with van der Waals surface area (Å²) in [6.45, 7) is 2.07. The smallest absolute Gasteiger partial charge is 0.337 e. The summed E-state index contributed by atoms with van der Waals surface area (Å²) in [5.74, 6) is -0.0362. The molecule has 0 fully saturated rings. The number of hydrogen-bond donors (Lipinski definition) is 1. The van der Waals surface area contributed by atoms with Crippen molar-refractivity contribution in [1.29, 1.82) is 0 Å². The van der Waals surface area contributed by atoms with E-state index >= 15 is 0 Å². The molecule has 1 N–H and O–H groups in total. The summed E-state index contributed by atoms with van der Waals surface area (Å²) in [6.07, 6.45) is 0.665. The fourth-order valence-corrected chi connectivity index (χ4v) is 2.67. The van der Waals surface area contributed by atoms with Gasteiger partial charge in [0.15, 0.2) is 0 Å². The molecule has 1 unspecified atom stereocenters. The first-order valence-electron chi connectivity index (χ1n) is 10.0. The van der Waals surface area contributed by atoms with Crippen LogP contribution >= 0.6 is 0 Å². The number of anilines is 1. The lowest BCUT2D eigenvalue weighted by Gasteiger charge is -2.11. The van der Waals surface area contributed by atoms with E-state index in [4.69, 9.17) is 9.57 Å². The average molecular weight is 432 g/mol. The van der Waals surface area contributed by atoms with E-state index in [9.17, 15) is 9.59 Å². The molecule has 0 aliphatic carbocycles. The van der Waals surface area contributed by atoms with Crippen LogP contribution < -0.4 is 10.1 Å². The molecule has 0 radical (unpaired) electrons. The van der Waals surface area contributed by atoms with Crippen molar-refractivity contribution in [3.8, 4) is 5.75 Å². The first-order chi connectivity index (χ1) is 15.5. The van der Waals surface area contributed by atoms with E-state index in [1.807, 2.05) is 30.3 Å². The minimum absolute atomic E-state index is 0.332. The Morgan fingerprint density at radius 2 is 1.66 bits per heavy atom. The highest BCUT2D eigenvalue weighted by Gasteiger charge is 2.14. The third kappa shape index (κ3) is 6.70. The Morgan fingerprint density at radius 1 is 0.969 bits per heavy atom. The summed E-state index contributed by atoms with van der Waals surface area (Å²) in [5.41, 5.74) is 2.86. The van der Waals surface area contributed by atoms with Crippen molar-refractivity contribution in [3.63, 3.8) is 0 Å². The van der Waals surface area contributed by atoms with Gasteiger partial charge in [-0.2, -0.15) is 0 Å². The van der Waals surface area contributed by atoms with Gasteiger partial charge in [-0.25, -0.2) is 4.79 Å². The molecule has 0 aliphatic rings. The number of benzene rings is 3. The Hall–Kier alpha value is -4.13. The number of rotatable bonds is 9. The number of nitrogens with one attached hydrogen (secondary N) is 1. The molecule has 3 aromatic carbocycles. The van der Waals surface area contributed by atoms with Crippen LogP contribution in [0.1, 0.15) is 28.4 Å². The molecule has 0 aromatic heterocycles. The second-order valence-corrected chi connectivity index (χ2v) is 6.88. The van der Waals surface area contributed by atoms with E-state index in [-0.39, 0.29) is 5.91 Å². The van der Waals surface area contributed by atoms with E-state index in [0.717, 1.165) is 11.1 Å². The maximum atomic E-state index is 12.3. The minimum Gasteiger partial charge on any atom is -0.489 e. The highest BCUT2D eigenvalue weighted by atomic mass is 16.6. The average Bonchev–Trinajstić information content (AvgIpc) is 2.84. The van der Waals surface area contributed by atoms with E-state index in [1.54, 1.807) is 55.5 Å². The van der Waals surface area contributed by atoms with Crippen molar-refractivity contribution in [2.45, 2.75) is 19.6 Å². The second kappa shape index (κ2) is 11.3. The summed E-state index contributed by atoms with van der Waals surface area (Å²) >= 11 is 0. The van der Waals surface area contributed by atoms with Gasteiger partial charge in [0.2, 0.25) is 6.10 Å². The SMILES string of the molecule is COC(=O)c1ccc(/C=N/OC(C)C(=O)Nc2ccc(OCc3ccccc3)cc2)cc1. The zero-order valence-electron chi connectivity index (χ0n) is 17.9. The molecule has 0 heterocycles. The van der Waals surface area contributed by atoms with Gasteiger partial charge in [0, 0.05) is 5.69 Å². The Balaban J connectivity index is 1.45. The Morgan fingerprint density at radius 3 is 2.31 bits per heavy atom. The summed E-state index contributed by atoms with van der Waals surface area (Å²) in [5, 5.41) is 6.62. The van der Waals surface area contributed by atoms with Gasteiger partial charge in [-0.3, -0.25) is 4.79 Å².